The summed E-state index contributed by atoms with van der Waals surface area (Å²) < 4.78 is 0. The van der Waals surface area contributed by atoms with Gasteiger partial charge in [-0.3, -0.25) is 0 Å². The van der Waals surface area contributed by atoms with Gasteiger partial charge in [0.05, 0.1) is 0 Å². The van der Waals surface area contributed by atoms with E-state index in [1.165, 1.54) is 0 Å². The molecular weight excluding hydrogens is 198 g/mol. The third-order valence-electron chi connectivity index (χ3n) is 2.04. The fourth-order valence-corrected chi connectivity index (χ4v) is 1.64. The molecule has 0 aromatic carbocycles. The molecule has 0 amide bonds. The molecule has 0 aliphatic heterocycles. The summed E-state index contributed by atoms with van der Waals surface area (Å²) in [6.45, 7) is 16.9. The normalized spacial score (nSPS) is 12.6. The van der Waals surface area contributed by atoms with Crippen LogP contribution < -0.4 is 0 Å². The summed E-state index contributed by atoms with van der Waals surface area (Å²) in [5.74, 6) is 0.861. The highest BCUT2D eigenvalue weighted by Gasteiger charge is 2.18. The summed E-state index contributed by atoms with van der Waals surface area (Å²) in [5.41, 5.74) is 1.05. The van der Waals surface area contributed by atoms with E-state index in [-0.39, 0.29) is 6.04 Å². The molecule has 0 unspecified atom stereocenters. The molecule has 0 aliphatic rings. The average Bonchev–Trinajstić information content (AvgIpc) is 1.98. The molecule has 0 bridgehead atoms. The van der Waals surface area contributed by atoms with Crippen LogP contribution in [-0.2, 0) is 0 Å². The Morgan fingerprint density at radius 1 is 0.875 bits per heavy atom. The van der Waals surface area contributed by atoms with Crippen LogP contribution in [0.1, 0.15) is 55.4 Å². The summed E-state index contributed by atoms with van der Waals surface area (Å²) in [7, 11) is 0. The summed E-state index contributed by atoms with van der Waals surface area (Å²) in [6, 6.07) is 1.11. The number of guanidine groups is 1. The van der Waals surface area contributed by atoms with E-state index >= 15 is 0 Å². The van der Waals surface area contributed by atoms with Crippen molar-refractivity contribution < 1.29 is 0 Å². The Labute approximate surface area is 101 Å². The van der Waals surface area contributed by atoms with Crippen molar-refractivity contribution in [3.05, 3.63) is 0 Å². The van der Waals surface area contributed by atoms with Crippen LogP contribution in [-0.4, -0.2) is 34.7 Å². The molecule has 94 valence electrons. The van der Waals surface area contributed by atoms with E-state index in [9.17, 15) is 0 Å². The Bertz CT molecular complexity index is 250. The van der Waals surface area contributed by atoms with Crippen molar-refractivity contribution in [2.45, 2.75) is 73.5 Å². The molecule has 0 fully saturated rings. The molecule has 0 aliphatic carbocycles. The molecule has 0 saturated heterocycles. The third kappa shape index (κ3) is 5.29. The van der Waals surface area contributed by atoms with Gasteiger partial charge in [-0.15, -0.1) is 0 Å². The van der Waals surface area contributed by atoms with Gasteiger partial charge in [0.15, 0.2) is 0 Å². The Kier molecular flexibility index (Phi) is 6.31. The molecule has 0 aromatic heterocycles. The number of aliphatic imine (C=N–C) groups is 2. The predicted molar refractivity (Wildman–Crippen MR) is 73.5 cm³/mol. The lowest BCUT2D eigenvalue weighted by Gasteiger charge is -2.32. The van der Waals surface area contributed by atoms with Crippen molar-refractivity contribution >= 4 is 11.7 Å². The van der Waals surface area contributed by atoms with Gasteiger partial charge in [-0.2, -0.15) is 0 Å². The first kappa shape index (κ1) is 15.1. The van der Waals surface area contributed by atoms with Crippen molar-refractivity contribution in [2.75, 3.05) is 0 Å². The molecule has 0 saturated carbocycles. The topological polar surface area (TPSA) is 28.0 Å². The fourth-order valence-electron chi connectivity index (χ4n) is 1.64. The van der Waals surface area contributed by atoms with Gasteiger partial charge >= 0.3 is 0 Å². The Morgan fingerprint density at radius 2 is 1.31 bits per heavy atom. The molecule has 3 nitrogen and oxygen atoms in total. The minimum Gasteiger partial charge on any atom is -0.336 e. The molecule has 0 heterocycles. The van der Waals surface area contributed by atoms with E-state index in [4.69, 9.17) is 0 Å². The van der Waals surface area contributed by atoms with Gasteiger partial charge in [0.2, 0.25) is 5.96 Å². The SMILES string of the molecule is CC(C)=NC(=NC(C)C)N(C(C)C)C(C)C. The van der Waals surface area contributed by atoms with Crippen LogP contribution in [0.3, 0.4) is 0 Å². The second-order valence-corrected chi connectivity index (χ2v) is 5.18. The predicted octanol–water partition coefficient (Wildman–Crippen LogP) is 3.35. The highest BCUT2D eigenvalue weighted by atomic mass is 15.3. The molecule has 0 spiro atoms. The molecule has 0 N–H and O–H groups in total. The number of hydrogen-bond acceptors (Lipinski definition) is 1. The number of nitrogens with zero attached hydrogens (tertiary/aromatic N) is 3. The standard InChI is InChI=1S/C13H27N3/c1-9(2)14-13(15-10(3)4)16(11(5)6)12(7)8/h9,11-12H,1-8H3. The highest BCUT2D eigenvalue weighted by molar-refractivity contribution is 5.95. The minimum atomic E-state index is 0.276. The van der Waals surface area contributed by atoms with E-state index < -0.39 is 0 Å². The summed E-state index contributed by atoms with van der Waals surface area (Å²) in [6.07, 6.45) is 0. The van der Waals surface area contributed by atoms with E-state index in [1.54, 1.807) is 0 Å². The lowest BCUT2D eigenvalue weighted by molar-refractivity contribution is 0.287. The lowest BCUT2D eigenvalue weighted by atomic mass is 10.2. The minimum absolute atomic E-state index is 0.276. The summed E-state index contributed by atoms with van der Waals surface area (Å²) in [4.78, 5) is 11.4. The van der Waals surface area contributed by atoms with Crippen LogP contribution in [0.25, 0.3) is 0 Å². The van der Waals surface area contributed by atoms with Gasteiger partial charge in [-0.1, -0.05) is 0 Å². The van der Waals surface area contributed by atoms with Crippen LogP contribution in [0.15, 0.2) is 9.98 Å². The van der Waals surface area contributed by atoms with E-state index in [0.29, 0.717) is 12.1 Å². The third-order valence-corrected chi connectivity index (χ3v) is 2.04. The molecular formula is C13H27N3. The van der Waals surface area contributed by atoms with Crippen LogP contribution in [0, 0.1) is 0 Å². The number of hydrogen-bond donors (Lipinski definition) is 0. The van der Waals surface area contributed by atoms with Crippen LogP contribution in [0.4, 0.5) is 0 Å². The molecule has 0 rings (SSSR count). The summed E-state index contributed by atoms with van der Waals surface area (Å²) >= 11 is 0. The maximum atomic E-state index is 4.62. The van der Waals surface area contributed by atoms with E-state index in [0.717, 1.165) is 11.7 Å². The monoisotopic (exact) mass is 225 g/mol. The van der Waals surface area contributed by atoms with Crippen LogP contribution in [0.5, 0.6) is 0 Å². The first-order valence-corrected chi connectivity index (χ1v) is 6.13. The molecule has 3 heteroatoms. The molecule has 0 radical (unpaired) electrons. The smallest absolute Gasteiger partial charge is 0.221 e. The van der Waals surface area contributed by atoms with Crippen molar-refractivity contribution in [2.24, 2.45) is 9.98 Å². The maximum absolute atomic E-state index is 4.62. The zero-order valence-electron chi connectivity index (χ0n) is 12.1. The van der Waals surface area contributed by atoms with E-state index in [1.807, 2.05) is 13.8 Å². The quantitative estimate of drug-likeness (QED) is 0.535. The largest absolute Gasteiger partial charge is 0.336 e. The van der Waals surface area contributed by atoms with Gasteiger partial charge in [0.1, 0.15) is 0 Å². The van der Waals surface area contributed by atoms with Gasteiger partial charge in [-0.05, 0) is 55.4 Å². The zero-order chi connectivity index (χ0) is 12.9. The first-order chi connectivity index (χ1) is 7.25. The van der Waals surface area contributed by atoms with Crippen LogP contribution >= 0.6 is 0 Å². The van der Waals surface area contributed by atoms with Gasteiger partial charge in [-0.25, -0.2) is 9.98 Å². The zero-order valence-corrected chi connectivity index (χ0v) is 12.1. The van der Waals surface area contributed by atoms with Crippen molar-refractivity contribution in [3.8, 4) is 0 Å². The van der Waals surface area contributed by atoms with Crippen LogP contribution in [0.2, 0.25) is 0 Å². The van der Waals surface area contributed by atoms with Crippen molar-refractivity contribution in [1.82, 2.24) is 4.90 Å². The van der Waals surface area contributed by atoms with Crippen molar-refractivity contribution in [1.29, 1.82) is 0 Å². The summed E-state index contributed by atoms with van der Waals surface area (Å²) in [5, 5.41) is 0. The maximum Gasteiger partial charge on any atom is 0.221 e. The molecule has 0 aromatic rings. The van der Waals surface area contributed by atoms with Crippen molar-refractivity contribution in [3.63, 3.8) is 0 Å². The Hall–Kier alpha value is -0.860. The Balaban J connectivity index is 5.22. The fraction of sp³-hybridized carbons (Fsp3) is 0.846. The van der Waals surface area contributed by atoms with Gasteiger partial charge in [0.25, 0.3) is 0 Å². The van der Waals surface area contributed by atoms with E-state index in [2.05, 4.69) is 56.4 Å². The molecule has 16 heavy (non-hydrogen) atoms. The molecule has 0 atom stereocenters. The second-order valence-electron chi connectivity index (χ2n) is 5.18. The average molecular weight is 225 g/mol. The lowest BCUT2D eigenvalue weighted by Crippen LogP contribution is -2.42. The highest BCUT2D eigenvalue weighted by Crippen LogP contribution is 2.09. The Morgan fingerprint density at radius 3 is 1.56 bits per heavy atom. The first-order valence-electron chi connectivity index (χ1n) is 6.13. The van der Waals surface area contributed by atoms with Gasteiger partial charge in [0, 0.05) is 23.8 Å². The number of rotatable bonds is 3. The second kappa shape index (κ2) is 6.66. The van der Waals surface area contributed by atoms with Gasteiger partial charge < -0.3 is 4.90 Å².